The summed E-state index contributed by atoms with van der Waals surface area (Å²) in [7, 11) is 0. The maximum atomic E-state index is 8.52. The molecule has 6 rings (SSSR count). The average molecular weight is 682 g/mol. The predicted molar refractivity (Wildman–Crippen MR) is 153 cm³/mol. The van der Waals surface area contributed by atoms with Crippen LogP contribution < -0.4 is 0 Å². The zero-order chi connectivity index (χ0) is 33.7. The molecule has 1 aliphatic rings. The van der Waals surface area contributed by atoms with Gasteiger partial charge in [0.2, 0.25) is 0 Å². The molecule has 0 N–H and O–H groups in total. The molecule has 0 amide bonds. The summed E-state index contributed by atoms with van der Waals surface area (Å²) in [5.41, 5.74) is 2.00. The third kappa shape index (κ3) is 5.41. The van der Waals surface area contributed by atoms with Gasteiger partial charge < -0.3 is 9.97 Å². The molecule has 0 fully saturated rings. The van der Waals surface area contributed by atoms with Gasteiger partial charge in [-0.05, 0) is 51.0 Å². The number of aromatic nitrogens is 2. The molecule has 1 radical (unpaired) electrons. The molecule has 0 bridgehead atoms. The van der Waals surface area contributed by atoms with Crippen LogP contribution in [0.1, 0.15) is 63.5 Å². The van der Waals surface area contributed by atoms with E-state index >= 15 is 0 Å². The van der Waals surface area contributed by atoms with Crippen LogP contribution in [0.25, 0.3) is 33.6 Å². The SMILES string of the molecule is [2H]c1cc[c-]c(-c2cc([2H])ccn2)c1.[2H]c1ccnc(-c2[c-]ccc3c2C(C([2H])([2H])[2H])(C([2H])([2H])[2H])c2cc(C(C)(C)C)ccc2-3)c1.[Ir]. The van der Waals surface area contributed by atoms with E-state index in [-0.39, 0.29) is 42.7 Å². The summed E-state index contributed by atoms with van der Waals surface area (Å²) < 4.78 is 74.0. The van der Waals surface area contributed by atoms with Gasteiger partial charge in [0.05, 0.1) is 2.74 Å². The second-order valence-corrected chi connectivity index (χ2v) is 9.89. The Hall–Kier alpha value is -3.39. The summed E-state index contributed by atoms with van der Waals surface area (Å²) in [4.78, 5) is 8.43. The van der Waals surface area contributed by atoms with Crippen LogP contribution in [0.2, 0.25) is 0 Å². The molecular formula is C35H32IrN2-2. The van der Waals surface area contributed by atoms with Crippen molar-refractivity contribution in [1.82, 2.24) is 9.97 Å². The molecule has 38 heavy (non-hydrogen) atoms. The molecule has 2 heterocycles. The van der Waals surface area contributed by atoms with Crippen molar-refractivity contribution in [1.29, 1.82) is 0 Å². The number of fused-ring (bicyclic) bond motifs is 3. The smallest absolute Gasteiger partial charge is 0.0616 e. The topological polar surface area (TPSA) is 25.8 Å². The van der Waals surface area contributed by atoms with Crippen LogP contribution in [0, 0.1) is 12.1 Å². The number of rotatable bonds is 2. The predicted octanol–water partition coefficient (Wildman–Crippen LogP) is 8.70. The van der Waals surface area contributed by atoms with E-state index in [9.17, 15) is 0 Å². The van der Waals surface area contributed by atoms with Gasteiger partial charge in [0.1, 0.15) is 0 Å². The molecule has 193 valence electrons. The molecule has 5 aromatic rings. The zero-order valence-electron chi connectivity index (χ0n) is 30.3. The maximum Gasteiger partial charge on any atom is 0.0616 e. The number of nitrogens with zero attached hydrogens (tertiary/aromatic N) is 2. The summed E-state index contributed by atoms with van der Waals surface area (Å²) in [5, 5.41) is 0. The summed E-state index contributed by atoms with van der Waals surface area (Å²) in [6, 6.07) is 27.3. The monoisotopic (exact) mass is 682 g/mol. The third-order valence-corrected chi connectivity index (χ3v) is 6.34. The van der Waals surface area contributed by atoms with Crippen LogP contribution in [0.15, 0.2) is 103 Å². The fourth-order valence-corrected chi connectivity index (χ4v) is 4.44. The van der Waals surface area contributed by atoms with Crippen molar-refractivity contribution in [3.63, 3.8) is 0 Å². The third-order valence-electron chi connectivity index (χ3n) is 6.34. The molecule has 0 saturated heterocycles. The molecule has 2 nitrogen and oxygen atoms in total. The van der Waals surface area contributed by atoms with Crippen LogP contribution in [0.5, 0.6) is 0 Å². The van der Waals surface area contributed by atoms with Gasteiger partial charge in [-0.3, -0.25) is 0 Å². The Bertz CT molecular complexity index is 1850. The summed E-state index contributed by atoms with van der Waals surface area (Å²) in [5.74, 6) is 0. The van der Waals surface area contributed by atoms with E-state index in [2.05, 4.69) is 22.1 Å². The van der Waals surface area contributed by atoms with Crippen molar-refractivity contribution in [3.05, 3.63) is 132 Å². The van der Waals surface area contributed by atoms with E-state index in [0.29, 0.717) is 40.2 Å². The molecule has 3 aromatic carbocycles. The van der Waals surface area contributed by atoms with Crippen LogP contribution in [-0.4, -0.2) is 9.97 Å². The molecular weight excluding hydrogens is 641 g/mol. The van der Waals surface area contributed by atoms with Crippen LogP contribution >= 0.6 is 0 Å². The van der Waals surface area contributed by atoms with Crippen molar-refractivity contribution in [2.75, 3.05) is 0 Å². The average Bonchev–Trinajstić information content (AvgIpc) is 3.29. The Balaban J connectivity index is 0.000000279. The first kappa shape index (κ1) is 18.0. The molecule has 0 saturated carbocycles. The van der Waals surface area contributed by atoms with Crippen molar-refractivity contribution >= 4 is 0 Å². The van der Waals surface area contributed by atoms with E-state index in [4.69, 9.17) is 12.3 Å². The van der Waals surface area contributed by atoms with Crippen LogP contribution in [0.3, 0.4) is 0 Å². The molecule has 0 unspecified atom stereocenters. The van der Waals surface area contributed by atoms with Crippen LogP contribution in [0.4, 0.5) is 0 Å². The number of benzene rings is 3. The van der Waals surface area contributed by atoms with E-state index < -0.39 is 19.1 Å². The minimum atomic E-state index is -2.88. The minimum absolute atomic E-state index is 0. The van der Waals surface area contributed by atoms with Gasteiger partial charge in [-0.1, -0.05) is 82.5 Å². The van der Waals surface area contributed by atoms with Gasteiger partial charge in [-0.15, -0.1) is 65.2 Å². The van der Waals surface area contributed by atoms with E-state index in [1.54, 1.807) is 54.7 Å². The quantitative estimate of drug-likeness (QED) is 0.174. The fraction of sp³-hybridized carbons (Fsp3) is 0.200. The maximum absolute atomic E-state index is 8.52. The number of hydrogen-bond acceptors (Lipinski definition) is 2. The van der Waals surface area contributed by atoms with Gasteiger partial charge in [0.15, 0.2) is 0 Å². The second kappa shape index (κ2) is 11.2. The Labute approximate surface area is 253 Å². The number of pyridine rings is 2. The van der Waals surface area contributed by atoms with E-state index in [1.165, 1.54) is 18.3 Å². The van der Waals surface area contributed by atoms with Crippen molar-refractivity contribution in [3.8, 4) is 33.6 Å². The van der Waals surface area contributed by atoms with Crippen molar-refractivity contribution < 1.29 is 32.4 Å². The summed E-state index contributed by atoms with van der Waals surface area (Å²) in [6.45, 7) is 0.263. The normalized spacial score (nSPS) is 17.0. The van der Waals surface area contributed by atoms with Gasteiger partial charge in [0, 0.05) is 42.1 Å². The van der Waals surface area contributed by atoms with Crippen molar-refractivity contribution in [2.24, 2.45) is 0 Å². The summed E-state index contributed by atoms with van der Waals surface area (Å²) in [6.07, 6.45) is 3.04. The zero-order valence-corrected chi connectivity index (χ0v) is 23.7. The minimum Gasteiger partial charge on any atom is -0.305 e. The molecule has 3 heteroatoms. The second-order valence-electron chi connectivity index (χ2n) is 9.89. The Morgan fingerprint density at radius 2 is 1.50 bits per heavy atom. The van der Waals surface area contributed by atoms with Gasteiger partial charge in [0.25, 0.3) is 0 Å². The molecule has 0 atom stereocenters. The first-order valence-electron chi connectivity index (χ1n) is 16.5. The van der Waals surface area contributed by atoms with E-state index in [0.717, 1.165) is 11.1 Å². The first-order valence-corrected chi connectivity index (χ1v) is 12.0. The van der Waals surface area contributed by atoms with Crippen LogP contribution in [-0.2, 0) is 30.9 Å². The van der Waals surface area contributed by atoms with E-state index in [1.807, 2.05) is 32.9 Å². The Morgan fingerprint density at radius 3 is 2.18 bits per heavy atom. The Kier molecular flexibility index (Phi) is 5.28. The van der Waals surface area contributed by atoms with Gasteiger partial charge >= 0.3 is 0 Å². The Morgan fingerprint density at radius 1 is 0.789 bits per heavy atom. The van der Waals surface area contributed by atoms with Crippen molar-refractivity contribution in [2.45, 2.75) is 45.3 Å². The first-order chi connectivity index (χ1) is 21.4. The standard InChI is InChI=1S/C24H24N.C11H8N.Ir/c1-23(2,3)16-12-13-17-18-9-8-10-19(21-11-6-7-14-25-21)22(18)24(4,5)20(17)15-16;1-2-6-10(7-3-1)11-8-4-5-9-12-11;/h6-9,11-15H,1-5H3;1-6,8-9H;/q2*-1;/i4D3,5D3,6D;2D,4D;. The van der Waals surface area contributed by atoms with Gasteiger partial charge in [-0.2, -0.15) is 0 Å². The molecule has 0 aliphatic heterocycles. The molecule has 0 spiro atoms. The number of hydrogen-bond donors (Lipinski definition) is 0. The molecule has 1 aliphatic carbocycles. The van der Waals surface area contributed by atoms with Gasteiger partial charge in [-0.25, -0.2) is 0 Å². The molecule has 2 aromatic heterocycles. The fourth-order valence-electron chi connectivity index (χ4n) is 4.44. The summed E-state index contributed by atoms with van der Waals surface area (Å²) >= 11 is 0. The largest absolute Gasteiger partial charge is 0.305 e.